The lowest BCUT2D eigenvalue weighted by molar-refractivity contribution is 0.0697. The molecular weight excluding hydrogens is 386 g/mol. The van der Waals surface area contributed by atoms with E-state index in [1.807, 2.05) is 59.5 Å². The predicted octanol–water partition coefficient (Wildman–Crippen LogP) is 4.63. The van der Waals surface area contributed by atoms with E-state index in [0.29, 0.717) is 28.4 Å². The molecule has 6 heteroatoms. The summed E-state index contributed by atoms with van der Waals surface area (Å²) in [6, 6.07) is 17.0. The summed E-state index contributed by atoms with van der Waals surface area (Å²) < 4.78 is 0. The van der Waals surface area contributed by atoms with E-state index >= 15 is 0 Å². The van der Waals surface area contributed by atoms with E-state index in [9.17, 15) is 4.79 Å². The Balaban J connectivity index is 1.60. The summed E-state index contributed by atoms with van der Waals surface area (Å²) in [6.45, 7) is 3.86. The van der Waals surface area contributed by atoms with Gasteiger partial charge in [-0.25, -0.2) is 9.97 Å². The van der Waals surface area contributed by atoms with Crippen molar-refractivity contribution in [3.05, 3.63) is 72.6 Å². The summed E-state index contributed by atoms with van der Waals surface area (Å²) in [5.41, 5.74) is 4.84. The van der Waals surface area contributed by atoms with Crippen LogP contribution in [0, 0.1) is 5.92 Å². The van der Waals surface area contributed by atoms with Gasteiger partial charge in [0.1, 0.15) is 11.4 Å². The molecular formula is C25H23N5O. The zero-order chi connectivity index (χ0) is 21.2. The number of rotatable bonds is 3. The molecule has 0 radical (unpaired) electrons. The molecule has 1 amide bonds. The highest BCUT2D eigenvalue weighted by Crippen LogP contribution is 2.29. The van der Waals surface area contributed by atoms with Gasteiger partial charge >= 0.3 is 0 Å². The van der Waals surface area contributed by atoms with Crippen LogP contribution in [0.25, 0.3) is 33.8 Å². The maximum Gasteiger partial charge on any atom is 0.253 e. The van der Waals surface area contributed by atoms with E-state index in [1.165, 1.54) is 0 Å². The number of benzene rings is 1. The van der Waals surface area contributed by atoms with E-state index in [-0.39, 0.29) is 5.91 Å². The molecule has 1 aliphatic rings. The van der Waals surface area contributed by atoms with Crippen molar-refractivity contribution in [2.24, 2.45) is 5.92 Å². The van der Waals surface area contributed by atoms with Gasteiger partial charge in [-0.3, -0.25) is 14.8 Å². The lowest BCUT2D eigenvalue weighted by Crippen LogP contribution is -2.37. The third-order valence-electron chi connectivity index (χ3n) is 5.80. The van der Waals surface area contributed by atoms with Crippen molar-refractivity contribution in [3.63, 3.8) is 0 Å². The first-order chi connectivity index (χ1) is 15.2. The Morgan fingerprint density at radius 3 is 2.03 bits per heavy atom. The summed E-state index contributed by atoms with van der Waals surface area (Å²) in [5, 5.41) is 0. The van der Waals surface area contributed by atoms with Crippen molar-refractivity contribution >= 4 is 16.9 Å². The standard InChI is InChI=1S/C25H23N5O/c1-17-10-14-30(15-11-17)25(31)18-8-9-19-22(16-18)29-24(21-7-3-5-13-27-21)23(28-19)20-6-2-4-12-26-20/h2-9,12-13,16-17H,10-11,14-15H2,1H3. The maximum absolute atomic E-state index is 13.0. The minimum absolute atomic E-state index is 0.0591. The Kier molecular flexibility index (Phi) is 5.12. The zero-order valence-electron chi connectivity index (χ0n) is 17.4. The Labute approximate surface area is 181 Å². The van der Waals surface area contributed by atoms with E-state index in [4.69, 9.17) is 9.97 Å². The first-order valence-corrected chi connectivity index (χ1v) is 10.6. The predicted molar refractivity (Wildman–Crippen MR) is 120 cm³/mol. The lowest BCUT2D eigenvalue weighted by atomic mass is 9.98. The summed E-state index contributed by atoms with van der Waals surface area (Å²) in [5.74, 6) is 0.737. The fourth-order valence-corrected chi connectivity index (χ4v) is 3.94. The van der Waals surface area contributed by atoms with Gasteiger partial charge in [0.05, 0.1) is 22.4 Å². The van der Waals surface area contributed by atoms with Crippen molar-refractivity contribution in [1.82, 2.24) is 24.8 Å². The number of fused-ring (bicyclic) bond motifs is 1. The lowest BCUT2D eigenvalue weighted by Gasteiger charge is -2.30. The highest BCUT2D eigenvalue weighted by atomic mass is 16.2. The molecule has 0 atom stereocenters. The van der Waals surface area contributed by atoms with E-state index < -0.39 is 0 Å². The van der Waals surface area contributed by atoms with Crippen molar-refractivity contribution in [1.29, 1.82) is 0 Å². The van der Waals surface area contributed by atoms with E-state index in [2.05, 4.69) is 16.9 Å². The van der Waals surface area contributed by atoms with Crippen LogP contribution < -0.4 is 0 Å². The first kappa shape index (κ1) is 19.3. The highest BCUT2D eigenvalue weighted by Gasteiger charge is 2.22. The molecule has 0 bridgehead atoms. The Bertz CT molecular complexity index is 1220. The Morgan fingerprint density at radius 2 is 1.45 bits per heavy atom. The number of amides is 1. The normalized spacial score (nSPS) is 14.7. The largest absolute Gasteiger partial charge is 0.339 e. The van der Waals surface area contributed by atoms with Crippen molar-refractivity contribution < 1.29 is 4.79 Å². The van der Waals surface area contributed by atoms with Crippen LogP contribution in [0.4, 0.5) is 0 Å². The van der Waals surface area contributed by atoms with Crippen LogP contribution >= 0.6 is 0 Å². The van der Waals surface area contributed by atoms with Gasteiger partial charge in [-0.05, 0) is 61.2 Å². The molecule has 4 heterocycles. The minimum atomic E-state index is 0.0591. The highest BCUT2D eigenvalue weighted by molar-refractivity contribution is 5.98. The van der Waals surface area contributed by atoms with Gasteiger partial charge in [-0.1, -0.05) is 19.1 Å². The van der Waals surface area contributed by atoms with Crippen LogP contribution in [0.3, 0.4) is 0 Å². The Hall–Kier alpha value is -3.67. The number of nitrogens with zero attached hydrogens (tertiary/aromatic N) is 5. The molecule has 1 saturated heterocycles. The molecule has 5 rings (SSSR count). The number of hydrogen-bond donors (Lipinski definition) is 0. The molecule has 1 fully saturated rings. The average molecular weight is 409 g/mol. The molecule has 1 aliphatic heterocycles. The number of carbonyl (C=O) groups excluding carboxylic acids is 1. The number of hydrogen-bond acceptors (Lipinski definition) is 5. The van der Waals surface area contributed by atoms with Crippen LogP contribution in [0.2, 0.25) is 0 Å². The first-order valence-electron chi connectivity index (χ1n) is 10.6. The monoisotopic (exact) mass is 409 g/mol. The summed E-state index contributed by atoms with van der Waals surface area (Å²) >= 11 is 0. The van der Waals surface area contributed by atoms with Gasteiger partial charge in [0.15, 0.2) is 0 Å². The molecule has 154 valence electrons. The van der Waals surface area contributed by atoms with E-state index in [1.54, 1.807) is 12.4 Å². The summed E-state index contributed by atoms with van der Waals surface area (Å²) in [7, 11) is 0. The van der Waals surface area contributed by atoms with Crippen LogP contribution in [0.5, 0.6) is 0 Å². The van der Waals surface area contributed by atoms with Crippen LogP contribution in [0.1, 0.15) is 30.1 Å². The molecule has 4 aromatic rings. The summed E-state index contributed by atoms with van der Waals surface area (Å²) in [6.07, 6.45) is 5.58. The second-order valence-electron chi connectivity index (χ2n) is 8.03. The van der Waals surface area contributed by atoms with Crippen LogP contribution in [-0.4, -0.2) is 43.8 Å². The topological polar surface area (TPSA) is 71.9 Å². The van der Waals surface area contributed by atoms with Gasteiger partial charge in [0.25, 0.3) is 5.91 Å². The molecule has 6 nitrogen and oxygen atoms in total. The number of carbonyl (C=O) groups is 1. The molecule has 0 aliphatic carbocycles. The number of piperidine rings is 1. The van der Waals surface area contributed by atoms with Crippen LogP contribution in [-0.2, 0) is 0 Å². The van der Waals surface area contributed by atoms with Gasteiger partial charge in [0.2, 0.25) is 0 Å². The van der Waals surface area contributed by atoms with Gasteiger partial charge in [-0.2, -0.15) is 0 Å². The SMILES string of the molecule is CC1CCN(C(=O)c2ccc3nc(-c4ccccn4)c(-c4ccccn4)nc3c2)CC1. The minimum Gasteiger partial charge on any atom is -0.339 e. The quantitative estimate of drug-likeness (QED) is 0.493. The second-order valence-corrected chi connectivity index (χ2v) is 8.03. The van der Waals surface area contributed by atoms with Gasteiger partial charge in [-0.15, -0.1) is 0 Å². The molecule has 31 heavy (non-hydrogen) atoms. The number of likely N-dealkylation sites (tertiary alicyclic amines) is 1. The van der Waals surface area contributed by atoms with Crippen molar-refractivity contribution in [2.45, 2.75) is 19.8 Å². The third kappa shape index (κ3) is 3.89. The van der Waals surface area contributed by atoms with Gasteiger partial charge < -0.3 is 4.90 Å². The molecule has 0 spiro atoms. The van der Waals surface area contributed by atoms with Crippen molar-refractivity contribution in [3.8, 4) is 22.8 Å². The van der Waals surface area contributed by atoms with Crippen molar-refractivity contribution in [2.75, 3.05) is 13.1 Å². The van der Waals surface area contributed by atoms with Gasteiger partial charge in [0, 0.05) is 31.0 Å². The third-order valence-corrected chi connectivity index (χ3v) is 5.80. The van der Waals surface area contributed by atoms with Crippen LogP contribution in [0.15, 0.2) is 67.0 Å². The molecule has 0 saturated carbocycles. The molecule has 0 N–H and O–H groups in total. The smallest absolute Gasteiger partial charge is 0.253 e. The molecule has 3 aromatic heterocycles. The second kappa shape index (κ2) is 8.22. The molecule has 0 unspecified atom stereocenters. The number of pyridine rings is 2. The Morgan fingerprint density at radius 1 is 0.839 bits per heavy atom. The fraction of sp³-hybridized carbons (Fsp3) is 0.240. The fourth-order valence-electron chi connectivity index (χ4n) is 3.94. The summed E-state index contributed by atoms with van der Waals surface area (Å²) in [4.78, 5) is 33.7. The molecule has 1 aromatic carbocycles. The maximum atomic E-state index is 13.0. The van der Waals surface area contributed by atoms with E-state index in [0.717, 1.165) is 42.8 Å². The zero-order valence-corrected chi connectivity index (χ0v) is 17.4. The number of aromatic nitrogens is 4. The average Bonchev–Trinajstić information content (AvgIpc) is 2.84.